The van der Waals surface area contributed by atoms with Crippen molar-refractivity contribution in [1.29, 1.82) is 0 Å². The first-order valence-corrected chi connectivity index (χ1v) is 12.9. The van der Waals surface area contributed by atoms with E-state index in [-0.39, 0.29) is 26.1 Å². The van der Waals surface area contributed by atoms with Gasteiger partial charge in [0, 0.05) is 0 Å². The maximum Gasteiger partial charge on any atom is 0.357 e. The zero-order chi connectivity index (χ0) is 21.1. The minimum Gasteiger partial charge on any atom is -0.744 e. The van der Waals surface area contributed by atoms with Crippen LogP contribution in [0.15, 0.2) is 83.8 Å². The predicted octanol–water partition coefficient (Wildman–Crippen LogP) is 1.89. The van der Waals surface area contributed by atoms with Crippen molar-refractivity contribution in [3.63, 3.8) is 0 Å². The lowest BCUT2D eigenvalue weighted by Crippen LogP contribution is -3.61. The third kappa shape index (κ3) is 8.97. The smallest absolute Gasteiger partial charge is 0.357 e. The van der Waals surface area contributed by atoms with Gasteiger partial charge in [-0.05, 0) is 61.9 Å². The fourth-order valence-electron chi connectivity index (χ4n) is 2.24. The van der Waals surface area contributed by atoms with Crippen molar-refractivity contribution >= 4 is 10.1 Å². The number of unbranched alkanes of at least 4 members (excludes halogenated alkanes) is 1. The molecule has 0 aliphatic carbocycles. The standard InChI is InChI=1S/C16H18IO.C7H8O3S/c1-2-3-13-18-16-11-9-15(10-12-16)17-14-7-5-4-6-8-14;1-6-2-4-7(5-3-6)11(8,9)10/h4-12H,2-3,13H2,1H3;2-5H,1H3,(H,8,9,10)/q+1;/p-1. The van der Waals surface area contributed by atoms with Crippen molar-refractivity contribution < 1.29 is 38.9 Å². The molecule has 0 aliphatic heterocycles. The molecule has 29 heavy (non-hydrogen) atoms. The van der Waals surface area contributed by atoms with E-state index in [0.717, 1.165) is 24.3 Å². The van der Waals surface area contributed by atoms with Gasteiger partial charge in [-0.2, -0.15) is 0 Å². The highest BCUT2D eigenvalue weighted by Crippen LogP contribution is 2.09. The van der Waals surface area contributed by atoms with Crippen molar-refractivity contribution in [1.82, 2.24) is 0 Å². The van der Waals surface area contributed by atoms with Gasteiger partial charge in [-0.3, -0.25) is 0 Å². The first-order chi connectivity index (χ1) is 13.9. The van der Waals surface area contributed by atoms with Crippen LogP contribution in [0.4, 0.5) is 0 Å². The van der Waals surface area contributed by atoms with Crippen LogP contribution in [0.3, 0.4) is 0 Å². The summed E-state index contributed by atoms with van der Waals surface area (Å²) in [5.41, 5.74) is 0.928. The number of hydrogen-bond acceptors (Lipinski definition) is 4. The Hall–Kier alpha value is -1.90. The third-order valence-corrected chi connectivity index (χ3v) is 7.37. The van der Waals surface area contributed by atoms with Gasteiger partial charge in [0.15, 0.2) is 7.14 Å². The van der Waals surface area contributed by atoms with E-state index in [1.807, 2.05) is 6.92 Å². The second-order valence-electron chi connectivity index (χ2n) is 6.31. The van der Waals surface area contributed by atoms with Crippen molar-refractivity contribution in [3.8, 4) is 5.75 Å². The molecule has 3 rings (SSSR count). The van der Waals surface area contributed by atoms with E-state index in [9.17, 15) is 13.0 Å². The summed E-state index contributed by atoms with van der Waals surface area (Å²) < 4.78 is 39.7. The highest BCUT2D eigenvalue weighted by molar-refractivity contribution is 7.85. The highest BCUT2D eigenvalue weighted by atomic mass is 127. The minimum atomic E-state index is -4.27. The predicted molar refractivity (Wildman–Crippen MR) is 110 cm³/mol. The van der Waals surface area contributed by atoms with E-state index in [1.54, 1.807) is 12.1 Å². The largest absolute Gasteiger partial charge is 0.744 e. The maximum absolute atomic E-state index is 10.4. The van der Waals surface area contributed by atoms with Crippen molar-refractivity contribution in [2.75, 3.05) is 6.61 Å². The number of benzene rings is 3. The zero-order valence-corrected chi connectivity index (χ0v) is 19.5. The number of ether oxygens (including phenoxy) is 1. The van der Waals surface area contributed by atoms with Gasteiger partial charge in [-0.15, -0.1) is 0 Å². The molecular weight excluding hydrogens is 499 g/mol. The van der Waals surface area contributed by atoms with Crippen LogP contribution in [0.25, 0.3) is 0 Å². The Morgan fingerprint density at radius 2 is 1.45 bits per heavy atom. The molecule has 0 heterocycles. The average Bonchev–Trinajstić information content (AvgIpc) is 2.70. The molecule has 4 nitrogen and oxygen atoms in total. The molecular formula is C23H25IO4S. The Labute approximate surface area is 184 Å². The van der Waals surface area contributed by atoms with Crippen LogP contribution >= 0.6 is 0 Å². The van der Waals surface area contributed by atoms with E-state index < -0.39 is 10.1 Å². The van der Waals surface area contributed by atoms with Crippen LogP contribution in [0.1, 0.15) is 25.3 Å². The molecule has 0 radical (unpaired) electrons. The van der Waals surface area contributed by atoms with Crippen LogP contribution in [0.5, 0.6) is 5.75 Å². The average molecular weight is 524 g/mol. The molecule has 0 saturated heterocycles. The Kier molecular flexibility index (Phi) is 9.63. The Balaban J connectivity index is 0.000000234. The molecule has 154 valence electrons. The molecule has 0 atom stereocenters. The van der Waals surface area contributed by atoms with Gasteiger partial charge in [-0.1, -0.05) is 49.2 Å². The van der Waals surface area contributed by atoms with Gasteiger partial charge >= 0.3 is 21.2 Å². The van der Waals surface area contributed by atoms with Gasteiger partial charge in [0.05, 0.1) is 11.5 Å². The molecule has 3 aromatic rings. The third-order valence-electron chi connectivity index (χ3n) is 3.84. The summed E-state index contributed by atoms with van der Waals surface area (Å²) in [5, 5.41) is 0. The summed E-state index contributed by atoms with van der Waals surface area (Å²) in [4.78, 5) is -0.178. The highest BCUT2D eigenvalue weighted by Gasteiger charge is 2.14. The lowest BCUT2D eigenvalue weighted by Gasteiger charge is -2.05. The fraction of sp³-hybridized carbons (Fsp3) is 0.217. The lowest BCUT2D eigenvalue weighted by molar-refractivity contribution is -0.597. The summed E-state index contributed by atoms with van der Waals surface area (Å²) in [6, 6.07) is 25.1. The molecule has 0 bridgehead atoms. The fourth-order valence-corrected chi connectivity index (χ4v) is 4.92. The molecule has 0 saturated carbocycles. The minimum absolute atomic E-state index is 0.0564. The molecule has 0 amide bonds. The summed E-state index contributed by atoms with van der Waals surface area (Å²) in [5.74, 6) is 0.990. The van der Waals surface area contributed by atoms with E-state index in [0.29, 0.717) is 0 Å². The van der Waals surface area contributed by atoms with Crippen molar-refractivity contribution in [2.24, 2.45) is 0 Å². The zero-order valence-electron chi connectivity index (χ0n) is 16.5. The topological polar surface area (TPSA) is 66.4 Å². The van der Waals surface area contributed by atoms with Crippen LogP contribution in [-0.4, -0.2) is 19.6 Å². The molecule has 0 spiro atoms. The van der Waals surface area contributed by atoms with Crippen LogP contribution in [-0.2, 0) is 10.1 Å². The Morgan fingerprint density at radius 1 is 0.862 bits per heavy atom. The number of halogens is 1. The quantitative estimate of drug-likeness (QED) is 0.269. The molecule has 0 fully saturated rings. The molecule has 0 aromatic heterocycles. The van der Waals surface area contributed by atoms with E-state index in [2.05, 4.69) is 61.5 Å². The van der Waals surface area contributed by atoms with Crippen LogP contribution < -0.4 is 25.9 Å². The Morgan fingerprint density at radius 3 is 2.00 bits per heavy atom. The first kappa shape index (κ1) is 23.4. The van der Waals surface area contributed by atoms with E-state index in [1.165, 1.54) is 25.7 Å². The molecule has 6 heteroatoms. The SMILES string of the molecule is CCCCOc1ccc([I+]c2ccccc2)cc1.Cc1ccc(S(=O)(=O)[O-])cc1. The Bertz CT molecular complexity index is 954. The normalized spacial score (nSPS) is 10.7. The summed E-state index contributed by atoms with van der Waals surface area (Å²) in [6.07, 6.45) is 2.30. The van der Waals surface area contributed by atoms with Crippen molar-refractivity contribution in [2.45, 2.75) is 31.6 Å². The van der Waals surface area contributed by atoms with Crippen LogP contribution in [0.2, 0.25) is 0 Å². The molecule has 0 aliphatic rings. The van der Waals surface area contributed by atoms with Gasteiger partial charge < -0.3 is 9.29 Å². The van der Waals surface area contributed by atoms with E-state index >= 15 is 0 Å². The molecule has 0 unspecified atom stereocenters. The summed E-state index contributed by atoms with van der Waals surface area (Å²) >= 11 is -0.0564. The second kappa shape index (κ2) is 11.9. The number of hydrogen-bond donors (Lipinski definition) is 0. The van der Waals surface area contributed by atoms with Gasteiger partial charge in [0.25, 0.3) is 0 Å². The summed E-state index contributed by atoms with van der Waals surface area (Å²) in [6.45, 7) is 4.82. The second-order valence-corrected chi connectivity index (χ2v) is 10.7. The van der Waals surface area contributed by atoms with E-state index in [4.69, 9.17) is 4.74 Å². The number of aryl methyl sites for hydroxylation is 1. The van der Waals surface area contributed by atoms with Gasteiger partial charge in [-0.25, -0.2) is 8.42 Å². The van der Waals surface area contributed by atoms with Gasteiger partial charge in [0.1, 0.15) is 15.9 Å². The molecule has 3 aromatic carbocycles. The first-order valence-electron chi connectivity index (χ1n) is 9.34. The maximum atomic E-state index is 10.4. The van der Waals surface area contributed by atoms with Crippen molar-refractivity contribution in [3.05, 3.63) is 91.6 Å². The number of rotatable bonds is 7. The molecule has 0 N–H and O–H groups in total. The lowest BCUT2D eigenvalue weighted by atomic mass is 10.2. The van der Waals surface area contributed by atoms with Gasteiger partial charge in [0.2, 0.25) is 0 Å². The summed E-state index contributed by atoms with van der Waals surface area (Å²) in [7, 11) is -4.27. The van der Waals surface area contributed by atoms with Crippen LogP contribution in [0, 0.1) is 14.1 Å². The monoisotopic (exact) mass is 524 g/mol.